The fraction of sp³-hybridized carbons (Fsp3) is 0.400. The van der Waals surface area contributed by atoms with Crippen LogP contribution >= 0.6 is 0 Å². The van der Waals surface area contributed by atoms with Crippen LogP contribution in [0.5, 0.6) is 0 Å². The molecule has 1 heterocycles. The minimum atomic E-state index is 0.998. The molecule has 38 valence electrons. The second-order valence-electron chi connectivity index (χ2n) is 1.63. The van der Waals surface area contributed by atoms with Gasteiger partial charge < -0.3 is 10.2 Å². The van der Waals surface area contributed by atoms with Crippen LogP contribution in [-0.4, -0.2) is 5.10 Å². The lowest BCUT2D eigenvalue weighted by molar-refractivity contribution is 0.990. The van der Waals surface area contributed by atoms with E-state index in [-0.39, 0.29) is 0 Å². The molecule has 1 aromatic rings. The molecule has 0 aliphatic carbocycles. The van der Waals surface area contributed by atoms with Crippen LogP contribution in [0.2, 0.25) is 0 Å². The van der Waals surface area contributed by atoms with E-state index in [1.807, 2.05) is 19.9 Å². The van der Waals surface area contributed by atoms with Crippen molar-refractivity contribution in [3.63, 3.8) is 0 Å². The molecule has 7 heavy (non-hydrogen) atoms. The van der Waals surface area contributed by atoms with Crippen molar-refractivity contribution in [1.82, 2.24) is 10.2 Å². The maximum atomic E-state index is 3.77. The van der Waals surface area contributed by atoms with Gasteiger partial charge >= 0.3 is 0 Å². The van der Waals surface area contributed by atoms with Crippen LogP contribution in [0.1, 0.15) is 11.4 Å². The minimum absolute atomic E-state index is 0.998. The second-order valence-corrected chi connectivity index (χ2v) is 1.63. The predicted octanol–water partition coefficient (Wildman–Crippen LogP) is 0.656. The molecule has 2 nitrogen and oxygen atoms in total. The molecule has 0 radical (unpaired) electrons. The average molecular weight is 95.1 g/mol. The number of hydrogen-bond acceptors (Lipinski definition) is 1. The van der Waals surface area contributed by atoms with Crippen molar-refractivity contribution in [3.05, 3.63) is 17.5 Å². The van der Waals surface area contributed by atoms with E-state index in [1.165, 1.54) is 0 Å². The highest BCUT2D eigenvalue weighted by atomic mass is 15.1. The summed E-state index contributed by atoms with van der Waals surface area (Å²) in [5.41, 5.74) is 2.00. The van der Waals surface area contributed by atoms with Gasteiger partial charge in [0.15, 0.2) is 0 Å². The van der Waals surface area contributed by atoms with Gasteiger partial charge in [0.2, 0.25) is 0 Å². The van der Waals surface area contributed by atoms with Gasteiger partial charge in [0.05, 0.1) is 0 Å². The van der Waals surface area contributed by atoms with Gasteiger partial charge in [0.25, 0.3) is 0 Å². The van der Waals surface area contributed by atoms with Crippen LogP contribution in [0.25, 0.3) is 0 Å². The molecule has 0 atom stereocenters. The van der Waals surface area contributed by atoms with Crippen LogP contribution in [0.3, 0.4) is 0 Å². The molecule has 2 heteroatoms. The summed E-state index contributed by atoms with van der Waals surface area (Å²) < 4.78 is 0. The second kappa shape index (κ2) is 1.37. The third kappa shape index (κ3) is 0.796. The van der Waals surface area contributed by atoms with E-state index in [9.17, 15) is 0 Å². The monoisotopic (exact) mass is 95.1 g/mol. The first-order valence-electron chi connectivity index (χ1n) is 2.22. The topological polar surface area (TPSA) is 27.0 Å². The maximum absolute atomic E-state index is 3.77. The fourth-order valence-electron chi connectivity index (χ4n) is 0.518. The van der Waals surface area contributed by atoms with Gasteiger partial charge in [-0.25, -0.2) is 0 Å². The lowest BCUT2D eigenvalue weighted by Gasteiger charge is -1.87. The van der Waals surface area contributed by atoms with Crippen LogP contribution in [0, 0.1) is 13.8 Å². The molecule has 0 spiro atoms. The van der Waals surface area contributed by atoms with E-state index in [0.717, 1.165) is 11.4 Å². The highest BCUT2D eigenvalue weighted by Crippen LogP contribution is 1.90. The average Bonchev–Trinajstić information content (AvgIpc) is 1.87. The van der Waals surface area contributed by atoms with Crippen molar-refractivity contribution in [2.45, 2.75) is 13.8 Å². The van der Waals surface area contributed by atoms with E-state index in [2.05, 4.69) is 10.2 Å². The Bertz CT molecular complexity index is 138. The highest BCUT2D eigenvalue weighted by Gasteiger charge is 1.74. The predicted molar refractivity (Wildman–Crippen MR) is 27.0 cm³/mol. The van der Waals surface area contributed by atoms with Crippen molar-refractivity contribution >= 4 is 0 Å². The zero-order valence-corrected chi connectivity index (χ0v) is 4.47. The van der Waals surface area contributed by atoms with Gasteiger partial charge in [-0.2, -0.15) is 0 Å². The molecule has 0 N–H and O–H groups in total. The molecule has 0 unspecified atom stereocenters. The largest absolute Gasteiger partial charge is 0.579 e. The molecule has 0 aromatic carbocycles. The molecular weight excluding hydrogens is 88.1 g/mol. The number of rotatable bonds is 0. The molecule has 1 rings (SSSR count). The van der Waals surface area contributed by atoms with E-state index in [4.69, 9.17) is 0 Å². The molecule has 0 aliphatic rings. The first-order chi connectivity index (χ1) is 3.29. The summed E-state index contributed by atoms with van der Waals surface area (Å²) in [4.78, 5) is 0. The van der Waals surface area contributed by atoms with Gasteiger partial charge in [-0.1, -0.05) is 13.0 Å². The van der Waals surface area contributed by atoms with E-state index >= 15 is 0 Å². The van der Waals surface area contributed by atoms with E-state index in [0.29, 0.717) is 0 Å². The van der Waals surface area contributed by atoms with Crippen LogP contribution in [0.15, 0.2) is 6.07 Å². The Morgan fingerprint density at radius 1 is 1.57 bits per heavy atom. The zero-order valence-electron chi connectivity index (χ0n) is 4.47. The fourth-order valence-corrected chi connectivity index (χ4v) is 0.518. The number of nitrogens with zero attached hydrogens (tertiary/aromatic N) is 2. The molecule has 0 amide bonds. The first kappa shape index (κ1) is 4.37. The summed E-state index contributed by atoms with van der Waals surface area (Å²) in [6.45, 7) is 3.86. The van der Waals surface area contributed by atoms with Crippen molar-refractivity contribution < 1.29 is 0 Å². The molecular formula is C5H7N2-. The molecule has 0 saturated carbocycles. The number of hydrogen-bond donors (Lipinski definition) is 0. The Balaban J connectivity index is 3.04. The maximum Gasteiger partial charge on any atom is 0.0131 e. The lowest BCUT2D eigenvalue weighted by atomic mass is 10.4. The summed E-state index contributed by atoms with van der Waals surface area (Å²) in [7, 11) is 0. The Labute approximate surface area is 42.6 Å². The summed E-state index contributed by atoms with van der Waals surface area (Å²) in [5, 5.41) is 7.53. The summed E-state index contributed by atoms with van der Waals surface area (Å²) >= 11 is 0. The van der Waals surface area contributed by atoms with Gasteiger partial charge in [-0.3, -0.25) is 0 Å². The van der Waals surface area contributed by atoms with E-state index < -0.39 is 0 Å². The van der Waals surface area contributed by atoms with Crippen LogP contribution in [-0.2, 0) is 0 Å². The van der Waals surface area contributed by atoms with Crippen molar-refractivity contribution in [1.29, 1.82) is 0 Å². The Morgan fingerprint density at radius 3 is 2.43 bits per heavy atom. The summed E-state index contributed by atoms with van der Waals surface area (Å²) in [6, 6.07) is 1.94. The summed E-state index contributed by atoms with van der Waals surface area (Å²) in [6.07, 6.45) is 0. The number of aryl methyl sites for hydroxylation is 2. The molecule has 0 bridgehead atoms. The normalized spacial score (nSPS) is 9.43. The van der Waals surface area contributed by atoms with Gasteiger partial charge in [-0.05, 0) is 6.92 Å². The van der Waals surface area contributed by atoms with Crippen LogP contribution < -0.4 is 5.10 Å². The molecule has 0 fully saturated rings. The molecule has 0 aliphatic heterocycles. The van der Waals surface area contributed by atoms with Crippen molar-refractivity contribution in [3.8, 4) is 0 Å². The van der Waals surface area contributed by atoms with Crippen molar-refractivity contribution in [2.75, 3.05) is 0 Å². The number of aromatic nitrogens is 2. The highest BCUT2D eigenvalue weighted by molar-refractivity contribution is 5.03. The SMILES string of the molecule is Cc1cc(C)[n-]n1. The first-order valence-corrected chi connectivity index (χ1v) is 2.22. The molecule has 1 aromatic heterocycles. The van der Waals surface area contributed by atoms with Gasteiger partial charge in [-0.15, -0.1) is 5.69 Å². The lowest BCUT2D eigenvalue weighted by Crippen LogP contribution is -1.73. The quantitative estimate of drug-likeness (QED) is 0.473. The van der Waals surface area contributed by atoms with Crippen LogP contribution in [0.4, 0.5) is 0 Å². The van der Waals surface area contributed by atoms with Gasteiger partial charge in [0, 0.05) is 5.69 Å². The standard InChI is InChI=1S/C5H7N2/c1-4-3-5(2)7-6-4/h3H,1-2H3/q-1. The third-order valence-corrected chi connectivity index (χ3v) is 0.783. The molecule has 0 saturated heterocycles. The smallest absolute Gasteiger partial charge is 0.0131 e. The van der Waals surface area contributed by atoms with E-state index in [1.54, 1.807) is 0 Å². The summed E-state index contributed by atoms with van der Waals surface area (Å²) in [5.74, 6) is 0. The minimum Gasteiger partial charge on any atom is -0.579 e. The Morgan fingerprint density at radius 2 is 2.29 bits per heavy atom. The zero-order chi connectivity index (χ0) is 5.28. The Kier molecular flexibility index (Phi) is 0.855. The van der Waals surface area contributed by atoms with Crippen molar-refractivity contribution in [2.24, 2.45) is 0 Å². The third-order valence-electron chi connectivity index (χ3n) is 0.783. The van der Waals surface area contributed by atoms with Gasteiger partial charge in [0.1, 0.15) is 0 Å². The Hall–Kier alpha value is -0.790.